The number of aromatic nitrogens is 3. The molecule has 0 aliphatic carbocycles. The van der Waals surface area contributed by atoms with Crippen LogP contribution < -0.4 is 17.1 Å². The van der Waals surface area contributed by atoms with Crippen LogP contribution >= 0.6 is 0 Å². The van der Waals surface area contributed by atoms with Gasteiger partial charge in [0.2, 0.25) is 6.41 Å². The lowest BCUT2D eigenvalue weighted by atomic mass is 10.9. The summed E-state index contributed by atoms with van der Waals surface area (Å²) in [4.78, 5) is 35.0. The molecule has 0 saturated heterocycles. The molecule has 0 bridgehead atoms. The zero-order valence-electron chi connectivity index (χ0n) is 5.64. The van der Waals surface area contributed by atoms with Crippen LogP contribution in [0.15, 0.2) is 14.4 Å². The Morgan fingerprint density at radius 3 is 1.83 bits per heavy atom. The highest BCUT2D eigenvalue weighted by Gasteiger charge is 2.08. The molecule has 0 aromatic carbocycles. The van der Waals surface area contributed by atoms with Gasteiger partial charge in [0.25, 0.3) is 0 Å². The van der Waals surface area contributed by atoms with Crippen molar-refractivity contribution in [3.8, 4) is 0 Å². The summed E-state index contributed by atoms with van der Waals surface area (Å²) in [6, 6.07) is 0. The fourth-order valence-corrected chi connectivity index (χ4v) is 0.648. The van der Waals surface area contributed by atoms with Crippen LogP contribution in [0.4, 0.5) is 0 Å². The van der Waals surface area contributed by atoms with E-state index in [1.807, 2.05) is 0 Å². The van der Waals surface area contributed by atoms with Gasteiger partial charge in [-0.15, -0.1) is 0 Å². The molecule has 0 aliphatic heterocycles. The van der Waals surface area contributed by atoms with Crippen molar-refractivity contribution >= 4 is 0 Å². The summed E-state index contributed by atoms with van der Waals surface area (Å²) in [5.41, 5.74) is -3.36. The molecule has 0 amide bonds. The SMILES string of the molecule is O=c1[nH]c(=O)n(C(O)O)c(=O)[nH]1. The first-order chi connectivity index (χ1) is 5.52. The molecule has 0 spiro atoms. The monoisotopic (exact) mass is 175 g/mol. The van der Waals surface area contributed by atoms with Gasteiger partial charge in [-0.1, -0.05) is 0 Å². The zero-order valence-corrected chi connectivity index (χ0v) is 5.64. The number of H-pyrrole nitrogens is 2. The Kier molecular flexibility index (Phi) is 1.93. The van der Waals surface area contributed by atoms with Crippen LogP contribution in [0, 0.1) is 0 Å². The van der Waals surface area contributed by atoms with E-state index in [0.717, 1.165) is 0 Å². The summed E-state index contributed by atoms with van der Waals surface area (Å²) < 4.78 is 0.0431. The van der Waals surface area contributed by atoms with Crippen LogP contribution in [-0.2, 0) is 0 Å². The van der Waals surface area contributed by atoms with Gasteiger partial charge in [-0.2, -0.15) is 4.57 Å². The third kappa shape index (κ3) is 1.33. The molecule has 0 unspecified atom stereocenters. The highest BCUT2D eigenvalue weighted by molar-refractivity contribution is 4.68. The molecule has 0 radical (unpaired) electrons. The minimum absolute atomic E-state index is 0.0431. The quantitative estimate of drug-likeness (QED) is 0.332. The van der Waals surface area contributed by atoms with Crippen LogP contribution in [0.25, 0.3) is 0 Å². The molecule has 0 saturated carbocycles. The maximum Gasteiger partial charge on any atom is 0.337 e. The van der Waals surface area contributed by atoms with Gasteiger partial charge in [0.05, 0.1) is 0 Å². The minimum atomic E-state index is -2.27. The molecule has 1 rings (SSSR count). The Bertz CT molecular complexity index is 403. The number of aliphatic hydroxyl groups excluding tert-OH is 1. The summed E-state index contributed by atoms with van der Waals surface area (Å²) in [6.07, 6.45) is -2.27. The first kappa shape index (κ1) is 8.43. The van der Waals surface area contributed by atoms with Crippen LogP contribution in [-0.4, -0.2) is 24.7 Å². The van der Waals surface area contributed by atoms with E-state index in [2.05, 4.69) is 0 Å². The minimum Gasteiger partial charge on any atom is -0.351 e. The molecule has 12 heavy (non-hydrogen) atoms. The molecule has 0 atom stereocenters. The molecular weight excluding hydrogens is 170 g/mol. The summed E-state index contributed by atoms with van der Waals surface area (Å²) in [5.74, 6) is 0. The lowest BCUT2D eigenvalue weighted by molar-refractivity contribution is -0.108. The lowest BCUT2D eigenvalue weighted by Crippen LogP contribution is -2.45. The smallest absolute Gasteiger partial charge is 0.337 e. The van der Waals surface area contributed by atoms with Gasteiger partial charge >= 0.3 is 17.1 Å². The van der Waals surface area contributed by atoms with Crippen molar-refractivity contribution in [1.29, 1.82) is 0 Å². The first-order valence-electron chi connectivity index (χ1n) is 2.83. The number of nitrogens with zero attached hydrogens (tertiary/aromatic N) is 1. The molecule has 0 fully saturated rings. The first-order valence-corrected chi connectivity index (χ1v) is 2.83. The van der Waals surface area contributed by atoms with Gasteiger partial charge in [-0.3, -0.25) is 9.97 Å². The average molecular weight is 175 g/mol. The van der Waals surface area contributed by atoms with Crippen molar-refractivity contribution in [3.05, 3.63) is 31.5 Å². The van der Waals surface area contributed by atoms with Gasteiger partial charge in [0.15, 0.2) is 0 Å². The number of hydrogen-bond acceptors (Lipinski definition) is 5. The van der Waals surface area contributed by atoms with Crippen molar-refractivity contribution < 1.29 is 10.2 Å². The van der Waals surface area contributed by atoms with E-state index in [4.69, 9.17) is 10.2 Å². The van der Waals surface area contributed by atoms with Crippen LogP contribution in [0.2, 0.25) is 0 Å². The van der Waals surface area contributed by atoms with Gasteiger partial charge in [-0.05, 0) is 0 Å². The van der Waals surface area contributed by atoms with Crippen molar-refractivity contribution in [2.24, 2.45) is 0 Å². The van der Waals surface area contributed by atoms with Crippen LogP contribution in [0.1, 0.15) is 6.41 Å². The molecule has 8 nitrogen and oxygen atoms in total. The third-order valence-corrected chi connectivity index (χ3v) is 1.11. The Morgan fingerprint density at radius 1 is 1.08 bits per heavy atom. The Labute approximate surface area is 63.7 Å². The Balaban J connectivity index is 3.61. The number of nitrogens with one attached hydrogen (secondary N) is 2. The van der Waals surface area contributed by atoms with E-state index in [1.54, 1.807) is 9.97 Å². The lowest BCUT2D eigenvalue weighted by Gasteiger charge is -2.02. The normalized spacial score (nSPS) is 10.6. The van der Waals surface area contributed by atoms with Gasteiger partial charge in [-0.25, -0.2) is 14.4 Å². The van der Waals surface area contributed by atoms with E-state index < -0.39 is 23.5 Å². The van der Waals surface area contributed by atoms with E-state index >= 15 is 0 Å². The molecule has 66 valence electrons. The number of rotatable bonds is 1. The third-order valence-electron chi connectivity index (χ3n) is 1.11. The van der Waals surface area contributed by atoms with E-state index in [9.17, 15) is 14.4 Å². The Morgan fingerprint density at radius 2 is 1.50 bits per heavy atom. The fourth-order valence-electron chi connectivity index (χ4n) is 0.648. The van der Waals surface area contributed by atoms with Gasteiger partial charge in [0.1, 0.15) is 0 Å². The summed E-state index contributed by atoms with van der Waals surface area (Å²) >= 11 is 0. The molecule has 1 aromatic heterocycles. The molecule has 1 aromatic rings. The van der Waals surface area contributed by atoms with Crippen molar-refractivity contribution in [1.82, 2.24) is 14.5 Å². The highest BCUT2D eigenvalue weighted by atomic mass is 16.5. The molecule has 8 heteroatoms. The molecule has 4 N–H and O–H groups in total. The number of hydrogen-bond donors (Lipinski definition) is 4. The zero-order chi connectivity index (χ0) is 9.30. The number of aromatic amines is 2. The topological polar surface area (TPSA) is 128 Å². The second-order valence-corrected chi connectivity index (χ2v) is 1.91. The summed E-state index contributed by atoms with van der Waals surface area (Å²) in [5, 5.41) is 16.9. The van der Waals surface area contributed by atoms with E-state index in [1.165, 1.54) is 0 Å². The van der Waals surface area contributed by atoms with E-state index in [0.29, 0.717) is 0 Å². The molecule has 0 aliphatic rings. The summed E-state index contributed by atoms with van der Waals surface area (Å²) in [7, 11) is 0. The molecule has 1 heterocycles. The predicted molar refractivity (Wildman–Crippen MR) is 35.4 cm³/mol. The number of aliphatic hydroxyl groups is 2. The average Bonchev–Trinajstić information content (AvgIpc) is 1.82. The van der Waals surface area contributed by atoms with Crippen LogP contribution in [0.5, 0.6) is 0 Å². The predicted octanol–water partition coefficient (Wildman–Crippen LogP) is -3.33. The van der Waals surface area contributed by atoms with Crippen molar-refractivity contribution in [2.75, 3.05) is 0 Å². The highest BCUT2D eigenvalue weighted by Crippen LogP contribution is 1.80. The van der Waals surface area contributed by atoms with Crippen molar-refractivity contribution in [2.45, 2.75) is 6.41 Å². The maximum atomic E-state index is 10.7. The molecular formula is C4H5N3O5. The van der Waals surface area contributed by atoms with E-state index in [-0.39, 0.29) is 4.57 Å². The van der Waals surface area contributed by atoms with Gasteiger partial charge < -0.3 is 10.2 Å². The van der Waals surface area contributed by atoms with Crippen molar-refractivity contribution in [3.63, 3.8) is 0 Å². The maximum absolute atomic E-state index is 10.7. The summed E-state index contributed by atoms with van der Waals surface area (Å²) in [6.45, 7) is 0. The fraction of sp³-hybridized carbons (Fsp3) is 0.250. The second kappa shape index (κ2) is 2.75. The second-order valence-electron chi connectivity index (χ2n) is 1.91. The van der Waals surface area contributed by atoms with Crippen LogP contribution in [0.3, 0.4) is 0 Å². The van der Waals surface area contributed by atoms with Gasteiger partial charge in [0, 0.05) is 0 Å². The Hall–Kier alpha value is -1.67. The largest absolute Gasteiger partial charge is 0.351 e. The standard InChI is InChI=1S/C4H5N3O5/c8-1-5-2(9)7(4(11)12)3(10)6-1/h4,11-12H,(H2,5,6,8,9,10).